The van der Waals surface area contributed by atoms with E-state index in [9.17, 15) is 9.59 Å². The van der Waals surface area contributed by atoms with Gasteiger partial charge in [-0.1, -0.05) is 37.3 Å². The maximum absolute atomic E-state index is 12.6. The van der Waals surface area contributed by atoms with Crippen LogP contribution in [-0.4, -0.2) is 35.0 Å². The second-order valence-corrected chi connectivity index (χ2v) is 6.25. The molecule has 1 aliphatic rings. The number of hydrogen-bond donors (Lipinski definition) is 1. The average Bonchev–Trinajstić information content (AvgIpc) is 3.02. The van der Waals surface area contributed by atoms with Crippen LogP contribution in [0.4, 0.5) is 0 Å². The Hall–Kier alpha value is -1.84. The molecule has 1 fully saturated rings. The van der Waals surface area contributed by atoms with Crippen molar-refractivity contribution in [3.63, 3.8) is 0 Å². The van der Waals surface area contributed by atoms with E-state index in [1.165, 1.54) is 5.56 Å². The summed E-state index contributed by atoms with van der Waals surface area (Å²) in [4.78, 5) is 25.5. The molecule has 1 saturated carbocycles. The van der Waals surface area contributed by atoms with Gasteiger partial charge in [-0.25, -0.2) is 0 Å². The molecule has 4 heteroatoms. The highest BCUT2D eigenvalue weighted by atomic mass is 16.4. The minimum Gasteiger partial charge on any atom is -0.481 e. The number of carbonyl (C=O) groups is 2. The Balaban J connectivity index is 1.97. The van der Waals surface area contributed by atoms with Crippen molar-refractivity contribution in [2.24, 2.45) is 11.8 Å². The fraction of sp³-hybridized carbons (Fsp3) is 0.556. The van der Waals surface area contributed by atoms with Crippen LogP contribution < -0.4 is 0 Å². The summed E-state index contributed by atoms with van der Waals surface area (Å²) < 4.78 is 0. The van der Waals surface area contributed by atoms with Crippen molar-refractivity contribution in [1.29, 1.82) is 0 Å². The van der Waals surface area contributed by atoms with Gasteiger partial charge in [0, 0.05) is 19.0 Å². The third-order valence-electron chi connectivity index (χ3n) is 4.81. The van der Waals surface area contributed by atoms with Gasteiger partial charge >= 0.3 is 5.97 Å². The van der Waals surface area contributed by atoms with Crippen molar-refractivity contribution in [3.8, 4) is 0 Å². The number of carboxylic acid groups (broad SMARTS) is 1. The van der Waals surface area contributed by atoms with Gasteiger partial charge in [0.25, 0.3) is 0 Å². The molecule has 1 N–H and O–H groups in total. The van der Waals surface area contributed by atoms with Gasteiger partial charge in [-0.3, -0.25) is 9.59 Å². The normalized spacial score (nSPS) is 22.3. The van der Waals surface area contributed by atoms with Gasteiger partial charge in [0.2, 0.25) is 5.91 Å². The molecule has 1 aliphatic carbocycles. The van der Waals surface area contributed by atoms with Gasteiger partial charge in [0.05, 0.1) is 5.92 Å². The highest BCUT2D eigenvalue weighted by Crippen LogP contribution is 2.32. The molecule has 3 atom stereocenters. The Labute approximate surface area is 132 Å². The van der Waals surface area contributed by atoms with Gasteiger partial charge in [-0.15, -0.1) is 0 Å². The van der Waals surface area contributed by atoms with Gasteiger partial charge in [-0.05, 0) is 37.7 Å². The Bertz CT molecular complexity index is 514. The second-order valence-electron chi connectivity index (χ2n) is 6.25. The molecule has 2 rings (SSSR count). The van der Waals surface area contributed by atoms with Crippen LogP contribution >= 0.6 is 0 Å². The minimum absolute atomic E-state index is 0.103. The fourth-order valence-corrected chi connectivity index (χ4v) is 3.34. The summed E-state index contributed by atoms with van der Waals surface area (Å²) in [6.45, 7) is 2.09. The van der Waals surface area contributed by atoms with E-state index in [0.717, 1.165) is 12.8 Å². The van der Waals surface area contributed by atoms with Crippen LogP contribution in [0.25, 0.3) is 0 Å². The summed E-state index contributed by atoms with van der Waals surface area (Å²) >= 11 is 0. The minimum atomic E-state index is -0.769. The second kappa shape index (κ2) is 7.43. The monoisotopic (exact) mass is 303 g/mol. The maximum atomic E-state index is 12.6. The Morgan fingerprint density at radius 1 is 1.23 bits per heavy atom. The van der Waals surface area contributed by atoms with E-state index in [1.807, 2.05) is 30.1 Å². The number of carbonyl (C=O) groups excluding carboxylic acids is 1. The lowest BCUT2D eigenvalue weighted by atomic mass is 9.99. The summed E-state index contributed by atoms with van der Waals surface area (Å²) in [5.74, 6) is -1.15. The zero-order valence-electron chi connectivity index (χ0n) is 13.4. The third-order valence-corrected chi connectivity index (χ3v) is 4.81. The van der Waals surface area contributed by atoms with E-state index < -0.39 is 5.97 Å². The molecule has 120 valence electrons. The highest BCUT2D eigenvalue weighted by Gasteiger charge is 2.36. The Morgan fingerprint density at radius 3 is 2.41 bits per heavy atom. The first kappa shape index (κ1) is 16.5. The highest BCUT2D eigenvalue weighted by molar-refractivity contribution is 5.81. The van der Waals surface area contributed by atoms with E-state index in [-0.39, 0.29) is 23.8 Å². The molecule has 1 amide bonds. The summed E-state index contributed by atoms with van der Waals surface area (Å²) in [6.07, 6.45) is 3.54. The quantitative estimate of drug-likeness (QED) is 0.879. The standard InChI is InChI=1S/C18H25NO3/c1-3-16(11-13-7-5-4-6-8-13)19(2)17(20)14-9-10-15(12-14)18(21)22/h4-8,14-16H,3,9-12H2,1-2H3,(H,21,22)/t14-,15+,16?/m1/s1. The number of benzene rings is 1. The number of amides is 1. The van der Waals surface area contributed by atoms with Crippen molar-refractivity contribution < 1.29 is 14.7 Å². The number of rotatable bonds is 6. The topological polar surface area (TPSA) is 57.6 Å². The summed E-state index contributed by atoms with van der Waals surface area (Å²) in [5, 5.41) is 9.08. The van der Waals surface area contributed by atoms with E-state index in [2.05, 4.69) is 19.1 Å². The summed E-state index contributed by atoms with van der Waals surface area (Å²) in [5.41, 5.74) is 1.23. The fourth-order valence-electron chi connectivity index (χ4n) is 3.34. The first-order valence-electron chi connectivity index (χ1n) is 8.06. The number of aliphatic carboxylic acids is 1. The molecule has 1 aromatic carbocycles. The molecule has 0 aromatic heterocycles. The van der Waals surface area contributed by atoms with Crippen molar-refractivity contribution in [1.82, 2.24) is 4.90 Å². The van der Waals surface area contributed by atoms with Crippen LogP contribution in [0, 0.1) is 11.8 Å². The smallest absolute Gasteiger partial charge is 0.306 e. The van der Waals surface area contributed by atoms with Crippen LogP contribution in [0.3, 0.4) is 0 Å². The van der Waals surface area contributed by atoms with E-state index >= 15 is 0 Å². The van der Waals surface area contributed by atoms with Crippen molar-refractivity contribution in [2.45, 2.75) is 45.1 Å². The zero-order chi connectivity index (χ0) is 16.1. The third kappa shape index (κ3) is 3.87. The first-order valence-corrected chi connectivity index (χ1v) is 8.06. The van der Waals surface area contributed by atoms with Crippen LogP contribution in [0.15, 0.2) is 30.3 Å². The van der Waals surface area contributed by atoms with Crippen LogP contribution in [0.5, 0.6) is 0 Å². The van der Waals surface area contributed by atoms with Crippen LogP contribution in [0.2, 0.25) is 0 Å². The molecule has 0 bridgehead atoms. The molecule has 0 saturated heterocycles. The predicted molar refractivity (Wildman–Crippen MR) is 85.5 cm³/mol. The van der Waals surface area contributed by atoms with Crippen molar-refractivity contribution >= 4 is 11.9 Å². The van der Waals surface area contributed by atoms with Crippen LogP contribution in [0.1, 0.15) is 38.2 Å². The van der Waals surface area contributed by atoms with Crippen LogP contribution in [-0.2, 0) is 16.0 Å². The van der Waals surface area contributed by atoms with Gasteiger partial charge < -0.3 is 10.0 Å². The number of likely N-dealkylation sites (N-methyl/N-ethyl adjacent to an activating group) is 1. The Kier molecular flexibility index (Phi) is 5.58. The first-order chi connectivity index (χ1) is 10.5. The molecule has 1 unspecified atom stereocenters. The summed E-state index contributed by atoms with van der Waals surface area (Å²) in [6, 6.07) is 10.3. The van der Waals surface area contributed by atoms with Crippen molar-refractivity contribution in [2.75, 3.05) is 7.05 Å². The summed E-state index contributed by atoms with van der Waals surface area (Å²) in [7, 11) is 1.85. The van der Waals surface area contributed by atoms with E-state index in [1.54, 1.807) is 0 Å². The zero-order valence-corrected chi connectivity index (χ0v) is 13.4. The van der Waals surface area contributed by atoms with Gasteiger partial charge in [0.15, 0.2) is 0 Å². The molecule has 22 heavy (non-hydrogen) atoms. The lowest BCUT2D eigenvalue weighted by Crippen LogP contribution is -2.41. The lowest BCUT2D eigenvalue weighted by Gasteiger charge is -2.30. The number of nitrogens with zero attached hydrogens (tertiary/aromatic N) is 1. The van der Waals surface area contributed by atoms with Gasteiger partial charge in [-0.2, -0.15) is 0 Å². The SMILES string of the molecule is CCC(Cc1ccccc1)N(C)C(=O)[C@@H]1CC[C@H](C(=O)O)C1. The molecule has 4 nitrogen and oxygen atoms in total. The molecule has 0 radical (unpaired) electrons. The molecular formula is C18H25NO3. The van der Waals surface area contributed by atoms with Crippen molar-refractivity contribution in [3.05, 3.63) is 35.9 Å². The molecule has 0 spiro atoms. The van der Waals surface area contributed by atoms with Gasteiger partial charge in [0.1, 0.15) is 0 Å². The lowest BCUT2D eigenvalue weighted by molar-refractivity contribution is -0.141. The molecular weight excluding hydrogens is 278 g/mol. The maximum Gasteiger partial charge on any atom is 0.306 e. The predicted octanol–water partition coefficient (Wildman–Crippen LogP) is 2.97. The number of carboxylic acids is 1. The largest absolute Gasteiger partial charge is 0.481 e. The average molecular weight is 303 g/mol. The number of hydrogen-bond acceptors (Lipinski definition) is 2. The van der Waals surface area contributed by atoms with E-state index in [0.29, 0.717) is 19.3 Å². The molecule has 1 aromatic rings. The van der Waals surface area contributed by atoms with E-state index in [4.69, 9.17) is 5.11 Å². The Morgan fingerprint density at radius 2 is 1.86 bits per heavy atom. The molecule has 0 aliphatic heterocycles. The molecule has 0 heterocycles.